The van der Waals surface area contributed by atoms with Gasteiger partial charge in [-0.15, -0.1) is 0 Å². The fraction of sp³-hybridized carbons (Fsp3) is 0.296. The van der Waals surface area contributed by atoms with Crippen LogP contribution < -0.4 is 10.4 Å². The summed E-state index contributed by atoms with van der Waals surface area (Å²) in [4.78, 5) is 17.6. The maximum absolute atomic E-state index is 10.3. The molecule has 2 aliphatic rings. The van der Waals surface area contributed by atoms with Gasteiger partial charge in [0.25, 0.3) is 0 Å². The second-order valence-corrected chi connectivity index (χ2v) is 20.3. The first kappa shape index (κ1) is 42.8. The lowest BCUT2D eigenvalue weighted by atomic mass is 9.79. The fourth-order valence-electron chi connectivity index (χ4n) is 7.89. The van der Waals surface area contributed by atoms with Gasteiger partial charge in [-0.25, -0.2) is 9.97 Å². The molecule has 308 valence electrons. The molecule has 0 amide bonds. The molecule has 0 spiro atoms. The molecule has 5 heterocycles. The van der Waals surface area contributed by atoms with Crippen LogP contribution in [-0.2, 0) is 21.7 Å². The summed E-state index contributed by atoms with van der Waals surface area (Å²) >= 11 is 0. The third-order valence-electron chi connectivity index (χ3n) is 11.6. The van der Waals surface area contributed by atoms with E-state index in [1.54, 1.807) is 12.1 Å². The molecule has 5 aromatic rings. The minimum atomic E-state index is -0.161. The summed E-state index contributed by atoms with van der Waals surface area (Å²) in [6.45, 7) is 26.6. The Morgan fingerprint density at radius 3 is 0.968 bits per heavy atom. The average Bonchev–Trinajstić information content (AvgIpc) is 4.04. The molecule has 0 saturated carbocycles. The van der Waals surface area contributed by atoms with E-state index in [0.29, 0.717) is 44.2 Å². The van der Waals surface area contributed by atoms with Gasteiger partial charge in [0.2, 0.25) is 0 Å². The van der Waals surface area contributed by atoms with Crippen LogP contribution in [0, 0.1) is 45.3 Å². The Labute approximate surface area is 364 Å². The summed E-state index contributed by atoms with van der Waals surface area (Å²) in [6, 6.07) is 29.6. The maximum Gasteiger partial charge on any atom is 0.141 e. The van der Waals surface area contributed by atoms with Crippen LogP contribution in [0.1, 0.15) is 128 Å². The molecule has 8 bridgehead atoms. The number of rotatable bonds is 2. The third-order valence-corrected chi connectivity index (χ3v) is 11.6. The van der Waals surface area contributed by atoms with Gasteiger partial charge in [-0.2, -0.15) is 21.0 Å². The molecule has 0 radical (unpaired) electrons. The van der Waals surface area contributed by atoms with Crippen molar-refractivity contribution in [3.8, 4) is 46.5 Å². The van der Waals surface area contributed by atoms with Crippen LogP contribution in [-0.4, -0.2) is 19.9 Å². The Bertz CT molecular complexity index is 2940. The van der Waals surface area contributed by atoms with Crippen molar-refractivity contribution in [2.24, 2.45) is 0 Å². The van der Waals surface area contributed by atoms with Crippen LogP contribution in [0.4, 0.5) is 0 Å². The molecule has 62 heavy (non-hydrogen) atoms. The SMILES string of the molecule is CC(C)(C)c1cc(-c2c3nc(c(=C(C#N)C#N)c4ccc([nH]4)c(=C(C#N)C#N)c4nc(c(-c5cc(C(C)(C)C)cc(C(C)(C)C)c5)c5ccc2[nH]5)C=C4)C=C3)cc(C(C)(C)C)c1. The maximum atomic E-state index is 10.3. The Morgan fingerprint density at radius 1 is 0.403 bits per heavy atom. The summed E-state index contributed by atoms with van der Waals surface area (Å²) in [7, 11) is 0. The first-order valence-corrected chi connectivity index (χ1v) is 20.9. The molecular weight excluding hydrogens is 761 g/mol. The van der Waals surface area contributed by atoms with E-state index in [1.165, 1.54) is 22.3 Å². The minimum Gasteiger partial charge on any atom is -0.354 e. The van der Waals surface area contributed by atoms with Gasteiger partial charge in [0.05, 0.1) is 44.2 Å². The Hall–Kier alpha value is -7.26. The van der Waals surface area contributed by atoms with Crippen molar-refractivity contribution in [3.63, 3.8) is 0 Å². The highest BCUT2D eigenvalue weighted by atomic mass is 14.8. The molecule has 0 atom stereocenters. The van der Waals surface area contributed by atoms with Crippen molar-refractivity contribution in [1.29, 1.82) is 21.0 Å². The smallest absolute Gasteiger partial charge is 0.141 e. The van der Waals surface area contributed by atoms with E-state index in [0.717, 1.165) is 33.3 Å². The number of H-pyrrole nitrogens is 2. The molecule has 8 nitrogen and oxygen atoms in total. The highest BCUT2D eigenvalue weighted by Gasteiger charge is 2.25. The summed E-state index contributed by atoms with van der Waals surface area (Å²) in [5, 5.41) is 41.8. The summed E-state index contributed by atoms with van der Waals surface area (Å²) in [5.41, 5.74) is 12.2. The highest BCUT2D eigenvalue weighted by Crippen LogP contribution is 2.40. The first-order chi connectivity index (χ1) is 29.0. The van der Waals surface area contributed by atoms with Gasteiger partial charge in [0.15, 0.2) is 0 Å². The van der Waals surface area contributed by atoms with Gasteiger partial charge in [-0.05, 0) is 104 Å². The summed E-state index contributed by atoms with van der Waals surface area (Å²) in [5.74, 6) is 0. The molecule has 0 aliphatic carbocycles. The number of nitrogens with zero attached hydrogens (tertiary/aromatic N) is 6. The molecule has 3 aromatic heterocycles. The van der Waals surface area contributed by atoms with Crippen LogP contribution >= 0.6 is 0 Å². The van der Waals surface area contributed by atoms with Crippen molar-refractivity contribution in [1.82, 2.24) is 19.9 Å². The van der Waals surface area contributed by atoms with E-state index in [9.17, 15) is 21.0 Å². The van der Waals surface area contributed by atoms with Crippen LogP contribution in [0.2, 0.25) is 0 Å². The van der Waals surface area contributed by atoms with Gasteiger partial charge in [-0.3, -0.25) is 0 Å². The zero-order chi connectivity index (χ0) is 45.1. The lowest BCUT2D eigenvalue weighted by molar-refractivity contribution is 0.568. The second-order valence-electron chi connectivity index (χ2n) is 20.3. The van der Waals surface area contributed by atoms with Crippen molar-refractivity contribution >= 4 is 57.5 Å². The largest absolute Gasteiger partial charge is 0.354 e. The fourth-order valence-corrected chi connectivity index (χ4v) is 7.89. The molecule has 8 heteroatoms. The van der Waals surface area contributed by atoms with Crippen LogP contribution in [0.3, 0.4) is 0 Å². The Balaban J connectivity index is 1.80. The summed E-state index contributed by atoms with van der Waals surface area (Å²) < 4.78 is 0. The number of hydrogen-bond donors (Lipinski definition) is 2. The zero-order valence-corrected chi connectivity index (χ0v) is 37.8. The highest BCUT2D eigenvalue weighted by molar-refractivity contribution is 5.96. The molecule has 2 N–H and O–H groups in total. The van der Waals surface area contributed by atoms with Gasteiger partial charge < -0.3 is 9.97 Å². The Morgan fingerprint density at radius 2 is 0.677 bits per heavy atom. The Kier molecular flexibility index (Phi) is 10.6. The minimum absolute atomic E-state index is 0.135. The predicted octanol–water partition coefficient (Wildman–Crippen LogP) is 11.6. The second kappa shape index (κ2) is 15.3. The van der Waals surface area contributed by atoms with Crippen molar-refractivity contribution in [3.05, 3.63) is 116 Å². The molecule has 7 rings (SSSR count). The van der Waals surface area contributed by atoms with Crippen LogP contribution in [0.25, 0.3) is 79.8 Å². The van der Waals surface area contributed by atoms with Gasteiger partial charge in [0.1, 0.15) is 35.4 Å². The van der Waals surface area contributed by atoms with Crippen LogP contribution in [0.15, 0.2) is 60.7 Å². The molecular formula is C54H52N8. The van der Waals surface area contributed by atoms with E-state index in [2.05, 4.69) is 166 Å². The molecule has 2 aliphatic heterocycles. The predicted molar refractivity (Wildman–Crippen MR) is 253 cm³/mol. The number of fused-ring (bicyclic) bond motifs is 8. The number of benzene rings is 2. The van der Waals surface area contributed by atoms with E-state index >= 15 is 0 Å². The molecule has 0 saturated heterocycles. The van der Waals surface area contributed by atoms with E-state index in [-0.39, 0.29) is 32.8 Å². The number of aromatic amines is 2. The molecule has 2 aromatic carbocycles. The number of nitrogens with one attached hydrogen (secondary N) is 2. The molecule has 0 unspecified atom stereocenters. The zero-order valence-electron chi connectivity index (χ0n) is 37.8. The van der Waals surface area contributed by atoms with Crippen molar-refractivity contribution < 1.29 is 0 Å². The standard InChI is InChI=1S/C54H52N8/c1-51(2,3)35-21-31(22-36(25-35)52(4,5)6)47-39-13-14-40(59-39)48(32-23-37(53(7,8)9)26-38(24-32)54(10,11)12)42-16-18-44(61-42)50(34(29-57)30-58)46-20-19-45(62-46)49(33(27-55)28-56)43-17-15-41(47)60-43/h13-26,59,62H,1-12H3. The first-order valence-electron chi connectivity index (χ1n) is 20.9. The lowest BCUT2D eigenvalue weighted by Crippen LogP contribution is -2.16. The topological polar surface area (TPSA) is 153 Å². The average molecular weight is 813 g/mol. The number of nitriles is 4. The van der Waals surface area contributed by atoms with E-state index in [1.807, 2.05) is 24.3 Å². The van der Waals surface area contributed by atoms with Gasteiger partial charge in [0, 0.05) is 22.2 Å². The third kappa shape index (κ3) is 8.01. The molecule has 0 fully saturated rings. The van der Waals surface area contributed by atoms with E-state index < -0.39 is 0 Å². The van der Waals surface area contributed by atoms with Gasteiger partial charge >= 0.3 is 0 Å². The van der Waals surface area contributed by atoms with Gasteiger partial charge in [-0.1, -0.05) is 119 Å². The monoisotopic (exact) mass is 812 g/mol. The van der Waals surface area contributed by atoms with Crippen LogP contribution in [0.5, 0.6) is 0 Å². The normalized spacial score (nSPS) is 12.6. The summed E-state index contributed by atoms with van der Waals surface area (Å²) in [6.07, 6.45) is 7.54. The van der Waals surface area contributed by atoms with Crippen molar-refractivity contribution in [2.45, 2.75) is 105 Å². The number of hydrogen-bond acceptors (Lipinski definition) is 6. The van der Waals surface area contributed by atoms with Crippen molar-refractivity contribution in [2.75, 3.05) is 0 Å². The lowest BCUT2D eigenvalue weighted by Gasteiger charge is -2.26. The number of aromatic nitrogens is 4. The quantitative estimate of drug-likeness (QED) is 0.177. The van der Waals surface area contributed by atoms with E-state index in [4.69, 9.17) is 9.97 Å².